The van der Waals surface area contributed by atoms with E-state index < -0.39 is 0 Å². The molecule has 1 saturated heterocycles. The standard InChI is InChI=1S/C14H20N2O2/c17-12-13-4-1-2-5-14(13)18-11-3-8-16-9-6-15-7-10-16/h1-2,4-5,12,15H,3,6-11H2. The molecule has 1 N–H and O–H groups in total. The van der Waals surface area contributed by atoms with Crippen molar-refractivity contribution >= 4 is 6.29 Å². The van der Waals surface area contributed by atoms with Gasteiger partial charge in [0.1, 0.15) is 5.75 Å². The van der Waals surface area contributed by atoms with Crippen LogP contribution in [-0.4, -0.2) is 50.5 Å². The normalized spacial score (nSPS) is 16.4. The smallest absolute Gasteiger partial charge is 0.153 e. The monoisotopic (exact) mass is 248 g/mol. The molecule has 0 aliphatic carbocycles. The van der Waals surface area contributed by atoms with E-state index in [2.05, 4.69) is 10.2 Å². The number of benzene rings is 1. The fourth-order valence-corrected chi connectivity index (χ4v) is 2.11. The van der Waals surface area contributed by atoms with Crippen LogP contribution < -0.4 is 10.1 Å². The first-order chi connectivity index (χ1) is 8.90. The number of carbonyl (C=O) groups is 1. The van der Waals surface area contributed by atoms with Crippen molar-refractivity contribution < 1.29 is 9.53 Å². The number of carbonyl (C=O) groups excluding carboxylic acids is 1. The van der Waals surface area contributed by atoms with Crippen molar-refractivity contribution in [1.82, 2.24) is 10.2 Å². The number of nitrogens with zero attached hydrogens (tertiary/aromatic N) is 1. The lowest BCUT2D eigenvalue weighted by Crippen LogP contribution is -2.43. The highest BCUT2D eigenvalue weighted by molar-refractivity contribution is 5.79. The van der Waals surface area contributed by atoms with Gasteiger partial charge in [-0.25, -0.2) is 0 Å². The first-order valence-corrected chi connectivity index (χ1v) is 6.50. The summed E-state index contributed by atoms with van der Waals surface area (Å²) in [6.07, 6.45) is 1.83. The summed E-state index contributed by atoms with van der Waals surface area (Å²) in [5, 5.41) is 3.33. The van der Waals surface area contributed by atoms with E-state index in [-0.39, 0.29) is 0 Å². The van der Waals surface area contributed by atoms with Gasteiger partial charge in [-0.2, -0.15) is 0 Å². The van der Waals surface area contributed by atoms with Gasteiger partial charge in [-0.1, -0.05) is 12.1 Å². The molecule has 1 aliphatic heterocycles. The van der Waals surface area contributed by atoms with E-state index in [1.165, 1.54) is 0 Å². The van der Waals surface area contributed by atoms with Crippen molar-refractivity contribution in [1.29, 1.82) is 0 Å². The molecule has 1 aliphatic rings. The maximum atomic E-state index is 10.8. The third kappa shape index (κ3) is 3.82. The molecule has 18 heavy (non-hydrogen) atoms. The molecule has 0 aromatic heterocycles. The molecule has 2 rings (SSSR count). The summed E-state index contributed by atoms with van der Waals surface area (Å²) < 4.78 is 5.65. The maximum Gasteiger partial charge on any atom is 0.153 e. The third-order valence-corrected chi connectivity index (χ3v) is 3.13. The van der Waals surface area contributed by atoms with E-state index in [9.17, 15) is 4.79 Å². The summed E-state index contributed by atoms with van der Waals surface area (Å²) in [6, 6.07) is 7.35. The molecular weight excluding hydrogens is 228 g/mol. The predicted octanol–water partition coefficient (Wildman–Crippen LogP) is 1.17. The molecule has 0 spiro atoms. The Labute approximate surface area is 108 Å². The Morgan fingerprint density at radius 1 is 1.28 bits per heavy atom. The van der Waals surface area contributed by atoms with Gasteiger partial charge in [0.2, 0.25) is 0 Å². The van der Waals surface area contributed by atoms with Gasteiger partial charge in [-0.3, -0.25) is 4.79 Å². The quantitative estimate of drug-likeness (QED) is 0.606. The average Bonchev–Trinajstić information content (AvgIpc) is 2.45. The van der Waals surface area contributed by atoms with Gasteiger partial charge in [0, 0.05) is 32.7 Å². The van der Waals surface area contributed by atoms with Crippen LogP contribution in [0.15, 0.2) is 24.3 Å². The Morgan fingerprint density at radius 2 is 2.06 bits per heavy atom. The molecule has 0 radical (unpaired) electrons. The Morgan fingerprint density at radius 3 is 2.83 bits per heavy atom. The minimum absolute atomic E-state index is 0.625. The second-order valence-electron chi connectivity index (χ2n) is 4.45. The predicted molar refractivity (Wildman–Crippen MR) is 71.3 cm³/mol. The number of rotatable bonds is 6. The number of piperazine rings is 1. The van der Waals surface area contributed by atoms with E-state index in [1.54, 1.807) is 6.07 Å². The fourth-order valence-electron chi connectivity index (χ4n) is 2.11. The Hall–Kier alpha value is -1.39. The highest BCUT2D eigenvalue weighted by Crippen LogP contribution is 2.15. The van der Waals surface area contributed by atoms with Gasteiger partial charge in [-0.05, 0) is 18.6 Å². The van der Waals surface area contributed by atoms with Crippen LogP contribution in [0.4, 0.5) is 0 Å². The maximum absolute atomic E-state index is 10.8. The zero-order valence-corrected chi connectivity index (χ0v) is 10.6. The minimum atomic E-state index is 0.625. The average molecular weight is 248 g/mol. The number of hydrogen-bond donors (Lipinski definition) is 1. The molecule has 98 valence electrons. The summed E-state index contributed by atoms with van der Waals surface area (Å²) in [5.74, 6) is 0.688. The van der Waals surface area contributed by atoms with Crippen LogP contribution in [-0.2, 0) is 0 Å². The summed E-state index contributed by atoms with van der Waals surface area (Å²) in [7, 11) is 0. The third-order valence-electron chi connectivity index (χ3n) is 3.13. The van der Waals surface area contributed by atoms with Crippen molar-refractivity contribution in [3.8, 4) is 5.75 Å². The summed E-state index contributed by atoms with van der Waals surface area (Å²) >= 11 is 0. The van der Waals surface area contributed by atoms with E-state index in [1.807, 2.05) is 18.2 Å². The highest BCUT2D eigenvalue weighted by atomic mass is 16.5. The molecule has 0 atom stereocenters. The molecule has 0 bridgehead atoms. The van der Waals surface area contributed by atoms with Crippen molar-refractivity contribution in [3.05, 3.63) is 29.8 Å². The molecule has 4 heteroatoms. The number of para-hydroxylation sites is 1. The molecule has 0 saturated carbocycles. The lowest BCUT2D eigenvalue weighted by molar-refractivity contribution is 0.111. The molecule has 1 aromatic rings. The first kappa shape index (κ1) is 13.1. The van der Waals surface area contributed by atoms with Crippen LogP contribution in [0, 0.1) is 0 Å². The molecule has 1 fully saturated rings. The largest absolute Gasteiger partial charge is 0.493 e. The molecule has 4 nitrogen and oxygen atoms in total. The molecule has 0 amide bonds. The molecule has 1 heterocycles. The van der Waals surface area contributed by atoms with Crippen LogP contribution in [0.1, 0.15) is 16.8 Å². The van der Waals surface area contributed by atoms with Gasteiger partial charge < -0.3 is 15.0 Å². The molecule has 0 unspecified atom stereocenters. The van der Waals surface area contributed by atoms with E-state index in [0.29, 0.717) is 17.9 Å². The zero-order chi connectivity index (χ0) is 12.6. The zero-order valence-electron chi connectivity index (χ0n) is 10.6. The van der Waals surface area contributed by atoms with Crippen molar-refractivity contribution in [2.45, 2.75) is 6.42 Å². The fraction of sp³-hybridized carbons (Fsp3) is 0.500. The lowest BCUT2D eigenvalue weighted by atomic mass is 10.2. The van der Waals surface area contributed by atoms with Crippen molar-refractivity contribution in [3.63, 3.8) is 0 Å². The second kappa shape index (κ2) is 7.13. The highest BCUT2D eigenvalue weighted by Gasteiger charge is 2.08. The Kier molecular flexibility index (Phi) is 5.17. The number of ether oxygens (including phenoxy) is 1. The number of nitrogens with one attached hydrogen (secondary N) is 1. The van der Waals surface area contributed by atoms with Crippen LogP contribution >= 0.6 is 0 Å². The van der Waals surface area contributed by atoms with Gasteiger partial charge in [0.15, 0.2) is 6.29 Å². The number of hydrogen-bond acceptors (Lipinski definition) is 4. The van der Waals surface area contributed by atoms with Crippen LogP contribution in [0.3, 0.4) is 0 Å². The van der Waals surface area contributed by atoms with Gasteiger partial charge in [-0.15, -0.1) is 0 Å². The topological polar surface area (TPSA) is 41.6 Å². The Balaban J connectivity index is 1.69. The van der Waals surface area contributed by atoms with Crippen molar-refractivity contribution in [2.75, 3.05) is 39.3 Å². The van der Waals surface area contributed by atoms with Crippen LogP contribution in [0.2, 0.25) is 0 Å². The molecular formula is C14H20N2O2. The minimum Gasteiger partial charge on any atom is -0.493 e. The second-order valence-corrected chi connectivity index (χ2v) is 4.45. The first-order valence-electron chi connectivity index (χ1n) is 6.50. The van der Waals surface area contributed by atoms with Gasteiger partial charge >= 0.3 is 0 Å². The van der Waals surface area contributed by atoms with E-state index in [0.717, 1.165) is 45.4 Å². The summed E-state index contributed by atoms with van der Waals surface area (Å²) in [5.41, 5.74) is 0.625. The summed E-state index contributed by atoms with van der Waals surface area (Å²) in [6.45, 7) is 6.11. The lowest BCUT2D eigenvalue weighted by Gasteiger charge is -2.27. The van der Waals surface area contributed by atoms with Gasteiger partial charge in [0.25, 0.3) is 0 Å². The number of aldehydes is 1. The SMILES string of the molecule is O=Cc1ccccc1OCCCN1CCNCC1. The van der Waals surface area contributed by atoms with Crippen LogP contribution in [0.25, 0.3) is 0 Å². The van der Waals surface area contributed by atoms with Crippen molar-refractivity contribution in [2.24, 2.45) is 0 Å². The summed E-state index contributed by atoms with van der Waals surface area (Å²) in [4.78, 5) is 13.2. The molecule has 1 aromatic carbocycles. The van der Waals surface area contributed by atoms with E-state index in [4.69, 9.17) is 4.74 Å². The van der Waals surface area contributed by atoms with Crippen LogP contribution in [0.5, 0.6) is 5.75 Å². The van der Waals surface area contributed by atoms with E-state index >= 15 is 0 Å². The Bertz CT molecular complexity index is 376. The van der Waals surface area contributed by atoms with Gasteiger partial charge in [0.05, 0.1) is 12.2 Å².